The first-order chi connectivity index (χ1) is 7.92. The summed E-state index contributed by atoms with van der Waals surface area (Å²) in [5, 5.41) is 3.33. The topological polar surface area (TPSA) is 28.4 Å². The number of furan rings is 1. The largest absolute Gasteiger partial charge is 0.468 e. The monoisotopic (exact) mass is 238 g/mol. The molecule has 0 bridgehead atoms. The molecular weight excluding hydrogens is 212 g/mol. The molecule has 3 nitrogen and oxygen atoms in total. The van der Waals surface area contributed by atoms with Gasteiger partial charge in [-0.2, -0.15) is 0 Å². The Morgan fingerprint density at radius 2 is 2.06 bits per heavy atom. The lowest BCUT2D eigenvalue weighted by atomic mass is 9.96. The average molecular weight is 238 g/mol. The molecule has 0 radical (unpaired) electrons. The van der Waals surface area contributed by atoms with Crippen LogP contribution in [0, 0.1) is 5.41 Å². The summed E-state index contributed by atoms with van der Waals surface area (Å²) in [5.41, 5.74) is 1.59. The first-order valence-electron chi connectivity index (χ1n) is 6.37. The molecule has 0 atom stereocenters. The van der Waals surface area contributed by atoms with E-state index in [1.54, 1.807) is 6.26 Å². The van der Waals surface area contributed by atoms with Crippen molar-refractivity contribution < 1.29 is 4.42 Å². The van der Waals surface area contributed by atoms with E-state index in [0.29, 0.717) is 5.41 Å². The molecule has 1 aromatic rings. The highest BCUT2D eigenvalue weighted by Crippen LogP contribution is 2.18. The minimum absolute atomic E-state index is 0.323. The van der Waals surface area contributed by atoms with E-state index < -0.39 is 0 Å². The summed E-state index contributed by atoms with van der Waals surface area (Å²) in [4.78, 5) is 2.31. The maximum Gasteiger partial charge on any atom is 0.122 e. The Morgan fingerprint density at radius 3 is 2.65 bits per heavy atom. The lowest BCUT2D eigenvalue weighted by Gasteiger charge is -2.26. The Balaban J connectivity index is 2.53. The van der Waals surface area contributed by atoms with Gasteiger partial charge in [-0.25, -0.2) is 0 Å². The number of hydrogen-bond acceptors (Lipinski definition) is 3. The van der Waals surface area contributed by atoms with Crippen molar-refractivity contribution in [3.05, 3.63) is 23.7 Å². The van der Waals surface area contributed by atoms with E-state index in [1.807, 2.05) is 0 Å². The van der Waals surface area contributed by atoms with Gasteiger partial charge in [-0.3, -0.25) is 4.90 Å². The van der Waals surface area contributed by atoms with E-state index in [0.717, 1.165) is 31.9 Å². The van der Waals surface area contributed by atoms with Crippen LogP contribution in [0.5, 0.6) is 0 Å². The van der Waals surface area contributed by atoms with Crippen molar-refractivity contribution in [2.75, 3.05) is 20.1 Å². The Hall–Kier alpha value is -0.800. The van der Waals surface area contributed by atoms with Crippen molar-refractivity contribution in [3.8, 4) is 0 Å². The number of rotatable bonds is 6. The molecule has 0 unspecified atom stereocenters. The van der Waals surface area contributed by atoms with Gasteiger partial charge in [0.25, 0.3) is 0 Å². The molecule has 1 heterocycles. The third-order valence-electron chi connectivity index (χ3n) is 2.56. The van der Waals surface area contributed by atoms with Gasteiger partial charge in [0.15, 0.2) is 0 Å². The molecule has 0 aliphatic carbocycles. The second kappa shape index (κ2) is 6.22. The van der Waals surface area contributed by atoms with E-state index in [4.69, 9.17) is 4.42 Å². The zero-order valence-electron chi connectivity index (χ0n) is 11.8. The highest BCUT2D eigenvalue weighted by atomic mass is 16.3. The quantitative estimate of drug-likeness (QED) is 0.826. The fraction of sp³-hybridized carbons (Fsp3) is 0.714. The van der Waals surface area contributed by atoms with Crippen LogP contribution in [-0.2, 0) is 13.1 Å². The normalized spacial score (nSPS) is 12.4. The second-order valence-corrected chi connectivity index (χ2v) is 5.88. The van der Waals surface area contributed by atoms with Crippen molar-refractivity contribution in [2.45, 2.75) is 40.8 Å². The molecule has 0 fully saturated rings. The van der Waals surface area contributed by atoms with E-state index in [2.05, 4.69) is 51.0 Å². The Bertz CT molecular complexity index is 325. The molecule has 0 aliphatic rings. The Kier molecular flexibility index (Phi) is 5.22. The van der Waals surface area contributed by atoms with Crippen LogP contribution < -0.4 is 5.32 Å². The fourth-order valence-electron chi connectivity index (χ4n) is 2.03. The molecule has 0 amide bonds. The molecule has 1 aromatic heterocycles. The minimum atomic E-state index is 0.323. The summed E-state index contributed by atoms with van der Waals surface area (Å²) < 4.78 is 5.57. The minimum Gasteiger partial charge on any atom is -0.468 e. The van der Waals surface area contributed by atoms with Gasteiger partial charge in [-0.1, -0.05) is 27.7 Å². The predicted molar refractivity (Wildman–Crippen MR) is 71.9 cm³/mol. The average Bonchev–Trinajstić information content (AvgIpc) is 2.59. The van der Waals surface area contributed by atoms with Crippen molar-refractivity contribution in [2.24, 2.45) is 5.41 Å². The van der Waals surface area contributed by atoms with Gasteiger partial charge in [0.05, 0.1) is 12.8 Å². The molecule has 0 spiro atoms. The van der Waals surface area contributed by atoms with Gasteiger partial charge < -0.3 is 9.73 Å². The summed E-state index contributed by atoms with van der Waals surface area (Å²) in [6.45, 7) is 12.7. The SMILES string of the molecule is CCNCc1ccoc1CN(C)CC(C)(C)C. The third-order valence-corrected chi connectivity index (χ3v) is 2.56. The molecule has 0 aliphatic heterocycles. The molecule has 0 saturated heterocycles. The Morgan fingerprint density at radius 1 is 1.35 bits per heavy atom. The first-order valence-corrected chi connectivity index (χ1v) is 6.37. The molecule has 1 N–H and O–H groups in total. The van der Waals surface area contributed by atoms with Crippen LogP contribution in [-0.4, -0.2) is 25.0 Å². The fourth-order valence-corrected chi connectivity index (χ4v) is 2.03. The van der Waals surface area contributed by atoms with Crippen molar-refractivity contribution >= 4 is 0 Å². The van der Waals surface area contributed by atoms with Crippen LogP contribution in [0.2, 0.25) is 0 Å². The standard InChI is InChI=1S/C14H26N2O/c1-6-15-9-12-7-8-17-13(12)10-16(5)11-14(2,3)4/h7-8,15H,6,9-11H2,1-5H3. The zero-order valence-corrected chi connectivity index (χ0v) is 11.8. The smallest absolute Gasteiger partial charge is 0.122 e. The summed E-state index contributed by atoms with van der Waals surface area (Å²) >= 11 is 0. The lowest BCUT2D eigenvalue weighted by Crippen LogP contribution is -2.29. The van der Waals surface area contributed by atoms with Gasteiger partial charge >= 0.3 is 0 Å². The number of hydrogen-bond donors (Lipinski definition) is 1. The first kappa shape index (κ1) is 14.3. The molecule has 3 heteroatoms. The van der Waals surface area contributed by atoms with Crippen molar-refractivity contribution in [3.63, 3.8) is 0 Å². The summed E-state index contributed by atoms with van der Waals surface area (Å²) in [7, 11) is 2.14. The van der Waals surface area contributed by atoms with Gasteiger partial charge in [-0.15, -0.1) is 0 Å². The van der Waals surface area contributed by atoms with Crippen LogP contribution in [0.15, 0.2) is 16.7 Å². The van der Waals surface area contributed by atoms with Crippen molar-refractivity contribution in [1.29, 1.82) is 0 Å². The van der Waals surface area contributed by atoms with Crippen LogP contribution in [0.1, 0.15) is 39.0 Å². The van der Waals surface area contributed by atoms with Gasteiger partial charge in [0.1, 0.15) is 5.76 Å². The highest BCUT2D eigenvalue weighted by Gasteiger charge is 2.15. The molecule has 0 saturated carbocycles. The van der Waals surface area contributed by atoms with Crippen LogP contribution in [0.3, 0.4) is 0 Å². The van der Waals surface area contributed by atoms with Gasteiger partial charge in [0.2, 0.25) is 0 Å². The van der Waals surface area contributed by atoms with E-state index in [9.17, 15) is 0 Å². The molecule has 0 aromatic carbocycles. The summed E-state index contributed by atoms with van der Waals surface area (Å²) in [5.74, 6) is 1.08. The van der Waals surface area contributed by atoms with E-state index >= 15 is 0 Å². The molecule has 98 valence electrons. The lowest BCUT2D eigenvalue weighted by molar-refractivity contribution is 0.207. The number of nitrogens with zero attached hydrogens (tertiary/aromatic N) is 1. The Labute approximate surface area is 105 Å². The number of nitrogens with one attached hydrogen (secondary N) is 1. The van der Waals surface area contributed by atoms with E-state index in [-0.39, 0.29) is 0 Å². The van der Waals surface area contributed by atoms with E-state index in [1.165, 1.54) is 5.56 Å². The maximum atomic E-state index is 5.57. The van der Waals surface area contributed by atoms with Crippen LogP contribution in [0.25, 0.3) is 0 Å². The maximum absolute atomic E-state index is 5.57. The second-order valence-electron chi connectivity index (χ2n) is 5.88. The zero-order chi connectivity index (χ0) is 12.9. The molecule has 1 rings (SSSR count). The predicted octanol–water partition coefficient (Wildman–Crippen LogP) is 2.87. The van der Waals surface area contributed by atoms with Crippen LogP contribution in [0.4, 0.5) is 0 Å². The van der Waals surface area contributed by atoms with Gasteiger partial charge in [0, 0.05) is 18.7 Å². The van der Waals surface area contributed by atoms with Crippen molar-refractivity contribution in [1.82, 2.24) is 10.2 Å². The summed E-state index contributed by atoms with van der Waals surface area (Å²) in [6, 6.07) is 2.06. The molecule has 17 heavy (non-hydrogen) atoms. The molecular formula is C14H26N2O. The van der Waals surface area contributed by atoms with Crippen LogP contribution >= 0.6 is 0 Å². The highest BCUT2D eigenvalue weighted by molar-refractivity contribution is 5.16. The summed E-state index contributed by atoms with van der Waals surface area (Å²) in [6.07, 6.45) is 1.78. The van der Waals surface area contributed by atoms with Gasteiger partial charge in [-0.05, 0) is 25.1 Å². The third kappa shape index (κ3) is 5.37.